The molecule has 1 aromatic heterocycles. The monoisotopic (exact) mass is 581 g/mol. The zero-order valence-electron chi connectivity index (χ0n) is 20.6. The molecule has 0 aliphatic carbocycles. The Balaban J connectivity index is 1.23. The number of hydrogen-bond acceptors (Lipinski definition) is 5. The molecule has 2 aromatic carbocycles. The van der Waals surface area contributed by atoms with Crippen LogP contribution >= 0.6 is 27.7 Å². The van der Waals surface area contributed by atoms with E-state index in [-0.39, 0.29) is 24.3 Å². The number of aromatic amines is 1. The molecule has 1 unspecified atom stereocenters. The van der Waals surface area contributed by atoms with Gasteiger partial charge in [-0.2, -0.15) is 16.9 Å². The molecule has 37 heavy (non-hydrogen) atoms. The average molecular weight is 583 g/mol. The number of hydrogen-bond donors (Lipinski definition) is 1. The summed E-state index contributed by atoms with van der Waals surface area (Å²) >= 11 is 5.57. The fraction of sp³-hybridized carbons (Fsp3) is 0.407. The third-order valence-electron chi connectivity index (χ3n) is 7.89. The Hall–Kier alpha value is -2.85. The standard InChI is InChI=1S/C27H28BrN5O3S/c1-17-15-32(11-12-37-17)23(34)16-33-22-4-2-3-20(28)24(22)27(26(33)36)7-9-31(10-8-27)25(35)18-5-6-21-19(13-18)14-29-30-21/h2-6,13-14,17H,7-12,15-16H2,1H3,(H,29,30). The van der Waals surface area contributed by atoms with E-state index >= 15 is 0 Å². The van der Waals surface area contributed by atoms with Crippen LogP contribution in [0.15, 0.2) is 47.1 Å². The summed E-state index contributed by atoms with van der Waals surface area (Å²) in [6, 6.07) is 11.3. The van der Waals surface area contributed by atoms with Gasteiger partial charge in [0.05, 0.1) is 17.1 Å². The molecule has 0 saturated carbocycles. The first-order valence-corrected chi connectivity index (χ1v) is 14.4. The van der Waals surface area contributed by atoms with E-state index in [1.165, 1.54) is 0 Å². The van der Waals surface area contributed by atoms with Crippen LogP contribution in [0, 0.1) is 0 Å². The number of halogens is 1. The molecular weight excluding hydrogens is 554 g/mol. The first kappa shape index (κ1) is 24.5. The molecule has 1 atom stereocenters. The van der Waals surface area contributed by atoms with Gasteiger partial charge in [0.2, 0.25) is 11.8 Å². The lowest BCUT2D eigenvalue weighted by Crippen LogP contribution is -2.52. The highest BCUT2D eigenvalue weighted by Crippen LogP contribution is 2.51. The number of fused-ring (bicyclic) bond motifs is 3. The Morgan fingerprint density at radius 3 is 2.76 bits per heavy atom. The van der Waals surface area contributed by atoms with Crippen molar-refractivity contribution in [1.82, 2.24) is 20.0 Å². The number of likely N-dealkylation sites (tertiary alicyclic amines) is 1. The van der Waals surface area contributed by atoms with Crippen LogP contribution in [0.1, 0.15) is 35.7 Å². The molecule has 0 bridgehead atoms. The molecule has 2 fully saturated rings. The van der Waals surface area contributed by atoms with Crippen LogP contribution in [0.2, 0.25) is 0 Å². The van der Waals surface area contributed by atoms with Gasteiger partial charge < -0.3 is 14.7 Å². The van der Waals surface area contributed by atoms with Gasteiger partial charge in [-0.15, -0.1) is 0 Å². The van der Waals surface area contributed by atoms with Crippen LogP contribution in [0.25, 0.3) is 10.9 Å². The first-order chi connectivity index (χ1) is 17.9. The molecule has 4 heterocycles. The van der Waals surface area contributed by atoms with Crippen LogP contribution < -0.4 is 4.90 Å². The van der Waals surface area contributed by atoms with Gasteiger partial charge >= 0.3 is 0 Å². The number of H-pyrrole nitrogens is 1. The predicted molar refractivity (Wildman–Crippen MR) is 148 cm³/mol. The number of thioether (sulfide) groups is 1. The summed E-state index contributed by atoms with van der Waals surface area (Å²) in [6.45, 7) is 4.55. The van der Waals surface area contributed by atoms with Gasteiger partial charge in [0.25, 0.3) is 5.91 Å². The van der Waals surface area contributed by atoms with Crippen molar-refractivity contribution in [2.24, 2.45) is 0 Å². The van der Waals surface area contributed by atoms with Gasteiger partial charge in [-0.3, -0.25) is 19.5 Å². The zero-order valence-corrected chi connectivity index (χ0v) is 23.0. The fourth-order valence-corrected chi connectivity index (χ4v) is 7.69. The maximum Gasteiger partial charge on any atom is 0.253 e. The first-order valence-electron chi connectivity index (χ1n) is 12.6. The van der Waals surface area contributed by atoms with Gasteiger partial charge in [-0.05, 0) is 43.2 Å². The third kappa shape index (κ3) is 4.14. The highest BCUT2D eigenvalue weighted by molar-refractivity contribution is 9.10. The Kier molecular flexibility index (Phi) is 6.27. The summed E-state index contributed by atoms with van der Waals surface area (Å²) in [4.78, 5) is 46.0. The molecule has 6 rings (SSSR count). The fourth-order valence-electron chi connectivity index (χ4n) is 5.94. The Morgan fingerprint density at radius 2 is 1.97 bits per heavy atom. The Morgan fingerprint density at radius 1 is 1.16 bits per heavy atom. The summed E-state index contributed by atoms with van der Waals surface area (Å²) < 4.78 is 0.876. The molecule has 2 saturated heterocycles. The minimum atomic E-state index is -0.744. The van der Waals surface area contributed by atoms with Crippen LogP contribution in [-0.2, 0) is 15.0 Å². The SMILES string of the molecule is CC1CN(C(=O)CN2C(=O)C3(CCN(C(=O)c4ccc5[nH]ncc5c4)CC3)c3c(Br)cccc32)CCS1. The summed E-state index contributed by atoms with van der Waals surface area (Å²) in [5.74, 6) is 0.837. The lowest BCUT2D eigenvalue weighted by Gasteiger charge is -2.39. The Labute approximate surface area is 227 Å². The lowest BCUT2D eigenvalue weighted by atomic mass is 9.73. The van der Waals surface area contributed by atoms with Crippen molar-refractivity contribution >= 4 is 62.0 Å². The van der Waals surface area contributed by atoms with E-state index in [0.717, 1.165) is 32.4 Å². The average Bonchev–Trinajstić information content (AvgIpc) is 3.46. The molecular formula is C27H28BrN5O3S. The smallest absolute Gasteiger partial charge is 0.253 e. The number of carbonyl (C=O) groups excluding carboxylic acids is 3. The number of nitrogens with one attached hydrogen (secondary N) is 1. The third-order valence-corrected chi connectivity index (χ3v) is 9.69. The number of amides is 3. The van der Waals surface area contributed by atoms with Gasteiger partial charge in [0.1, 0.15) is 6.54 Å². The quantitative estimate of drug-likeness (QED) is 0.508. The second-order valence-electron chi connectivity index (χ2n) is 10.1. The van der Waals surface area contributed by atoms with Crippen molar-refractivity contribution in [3.05, 3.63) is 58.2 Å². The van der Waals surface area contributed by atoms with E-state index in [1.807, 2.05) is 58.0 Å². The summed E-state index contributed by atoms with van der Waals surface area (Å²) in [7, 11) is 0. The summed E-state index contributed by atoms with van der Waals surface area (Å²) in [5.41, 5.74) is 2.51. The highest BCUT2D eigenvalue weighted by Gasteiger charge is 2.54. The molecule has 3 amide bonds. The van der Waals surface area contributed by atoms with Crippen LogP contribution in [0.4, 0.5) is 5.69 Å². The molecule has 0 radical (unpaired) electrons. The number of anilines is 1. The Bertz CT molecular complexity index is 1400. The number of piperidine rings is 1. The van der Waals surface area contributed by atoms with E-state index in [0.29, 0.717) is 49.8 Å². The highest BCUT2D eigenvalue weighted by atomic mass is 79.9. The predicted octanol–water partition coefficient (Wildman–Crippen LogP) is 3.81. The number of benzene rings is 2. The van der Waals surface area contributed by atoms with E-state index < -0.39 is 5.41 Å². The number of carbonyl (C=O) groups is 3. The van der Waals surface area contributed by atoms with Crippen molar-refractivity contribution < 1.29 is 14.4 Å². The van der Waals surface area contributed by atoms with E-state index in [1.54, 1.807) is 11.1 Å². The van der Waals surface area contributed by atoms with E-state index in [4.69, 9.17) is 0 Å². The molecule has 1 spiro atoms. The minimum Gasteiger partial charge on any atom is -0.339 e. The lowest BCUT2D eigenvalue weighted by molar-refractivity contribution is -0.132. The second-order valence-corrected chi connectivity index (χ2v) is 12.5. The summed E-state index contributed by atoms with van der Waals surface area (Å²) in [6.07, 6.45) is 2.74. The zero-order chi connectivity index (χ0) is 25.7. The van der Waals surface area contributed by atoms with Crippen molar-refractivity contribution in [3.8, 4) is 0 Å². The van der Waals surface area contributed by atoms with Gasteiger partial charge in [-0.1, -0.05) is 28.9 Å². The van der Waals surface area contributed by atoms with Crippen LogP contribution in [0.3, 0.4) is 0 Å². The molecule has 3 aromatic rings. The van der Waals surface area contributed by atoms with Crippen molar-refractivity contribution in [1.29, 1.82) is 0 Å². The molecule has 3 aliphatic rings. The normalized spacial score (nSPS) is 21.1. The van der Waals surface area contributed by atoms with Crippen LogP contribution in [-0.4, -0.2) is 81.4 Å². The minimum absolute atomic E-state index is 0.00859. The van der Waals surface area contributed by atoms with Crippen molar-refractivity contribution in [2.75, 3.05) is 43.4 Å². The molecule has 192 valence electrons. The summed E-state index contributed by atoms with van der Waals surface area (Å²) in [5, 5.41) is 8.24. The van der Waals surface area contributed by atoms with Gasteiger partial charge in [-0.25, -0.2) is 0 Å². The van der Waals surface area contributed by atoms with Gasteiger partial charge in [0, 0.05) is 63.9 Å². The topological polar surface area (TPSA) is 89.6 Å². The molecule has 1 N–H and O–H groups in total. The second kappa shape index (κ2) is 9.47. The van der Waals surface area contributed by atoms with E-state index in [9.17, 15) is 14.4 Å². The number of nitrogens with zero attached hydrogens (tertiary/aromatic N) is 4. The largest absolute Gasteiger partial charge is 0.339 e. The van der Waals surface area contributed by atoms with Crippen molar-refractivity contribution in [3.63, 3.8) is 0 Å². The maximum atomic E-state index is 14.1. The van der Waals surface area contributed by atoms with Crippen LogP contribution in [0.5, 0.6) is 0 Å². The van der Waals surface area contributed by atoms with Crippen molar-refractivity contribution in [2.45, 2.75) is 30.4 Å². The number of aromatic nitrogens is 2. The molecule has 8 nitrogen and oxygen atoms in total. The van der Waals surface area contributed by atoms with Gasteiger partial charge in [0.15, 0.2) is 0 Å². The number of rotatable bonds is 3. The molecule has 10 heteroatoms. The molecule has 3 aliphatic heterocycles. The van der Waals surface area contributed by atoms with E-state index in [2.05, 4.69) is 33.1 Å². The maximum absolute atomic E-state index is 14.1.